The highest BCUT2D eigenvalue weighted by molar-refractivity contribution is 5.99. The minimum atomic E-state index is 0.294. The Balaban J connectivity index is 1.76. The number of nitrogens with zero attached hydrogens (tertiary/aromatic N) is 1. The van der Waals surface area contributed by atoms with Crippen LogP contribution in [0, 0.1) is 13.8 Å². The number of hydrogen-bond donors (Lipinski definition) is 1. The van der Waals surface area contributed by atoms with Gasteiger partial charge in [-0.1, -0.05) is 23.4 Å². The van der Waals surface area contributed by atoms with Gasteiger partial charge in [-0.05, 0) is 49.2 Å². The predicted octanol–water partition coefficient (Wildman–Crippen LogP) is 3.42. The van der Waals surface area contributed by atoms with Crippen LogP contribution in [0.3, 0.4) is 0 Å². The van der Waals surface area contributed by atoms with Gasteiger partial charge in [-0.25, -0.2) is 0 Å². The van der Waals surface area contributed by atoms with Gasteiger partial charge in [0.25, 0.3) is 0 Å². The second-order valence-electron chi connectivity index (χ2n) is 5.54. The number of amidine groups is 1. The van der Waals surface area contributed by atoms with E-state index in [4.69, 9.17) is 20.0 Å². The van der Waals surface area contributed by atoms with Crippen molar-refractivity contribution in [3.8, 4) is 11.5 Å². The highest BCUT2D eigenvalue weighted by Crippen LogP contribution is 2.17. The molecule has 5 heteroatoms. The first-order valence-corrected chi connectivity index (χ1v) is 7.90. The number of nitrogens with two attached hydrogens (primary N) is 1. The Morgan fingerprint density at radius 1 is 1.04 bits per heavy atom. The summed E-state index contributed by atoms with van der Waals surface area (Å²) in [5.41, 5.74) is 9.02. The van der Waals surface area contributed by atoms with E-state index in [-0.39, 0.29) is 0 Å². The molecule has 5 nitrogen and oxygen atoms in total. The molecule has 0 aliphatic carbocycles. The van der Waals surface area contributed by atoms with Crippen LogP contribution >= 0.6 is 0 Å². The molecule has 0 amide bonds. The summed E-state index contributed by atoms with van der Waals surface area (Å²) in [6.45, 7) is 5.10. The molecule has 0 fully saturated rings. The third-order valence-electron chi connectivity index (χ3n) is 3.39. The molecule has 0 unspecified atom stereocenters. The fourth-order valence-corrected chi connectivity index (χ4v) is 2.35. The Hall–Kier alpha value is -2.69. The van der Waals surface area contributed by atoms with E-state index in [2.05, 4.69) is 25.1 Å². The van der Waals surface area contributed by atoms with Crippen molar-refractivity contribution in [2.24, 2.45) is 10.9 Å². The van der Waals surface area contributed by atoms with Gasteiger partial charge in [0.2, 0.25) is 0 Å². The molecule has 2 N–H and O–H groups in total. The van der Waals surface area contributed by atoms with E-state index in [1.54, 1.807) is 7.11 Å². The van der Waals surface area contributed by atoms with E-state index in [1.165, 1.54) is 11.1 Å². The van der Waals surface area contributed by atoms with Gasteiger partial charge < -0.3 is 20.0 Å². The Labute approximate surface area is 143 Å². The van der Waals surface area contributed by atoms with Gasteiger partial charge in [0, 0.05) is 6.42 Å². The minimum absolute atomic E-state index is 0.294. The van der Waals surface area contributed by atoms with Gasteiger partial charge in [-0.3, -0.25) is 0 Å². The molecule has 0 saturated heterocycles. The Morgan fingerprint density at radius 2 is 1.75 bits per heavy atom. The number of methoxy groups -OCH3 is 1. The molecule has 24 heavy (non-hydrogen) atoms. The average molecular weight is 328 g/mol. The quantitative estimate of drug-likeness (QED) is 0.349. The molecule has 0 heterocycles. The number of aryl methyl sites for hydroxylation is 2. The van der Waals surface area contributed by atoms with E-state index in [1.807, 2.05) is 36.4 Å². The van der Waals surface area contributed by atoms with E-state index in [0.29, 0.717) is 30.4 Å². The van der Waals surface area contributed by atoms with Crippen molar-refractivity contribution in [3.05, 3.63) is 59.2 Å². The van der Waals surface area contributed by atoms with Gasteiger partial charge in [0.15, 0.2) is 5.84 Å². The van der Waals surface area contributed by atoms with Crippen LogP contribution in [0.2, 0.25) is 0 Å². The second-order valence-corrected chi connectivity index (χ2v) is 5.54. The number of hydrogen-bond acceptors (Lipinski definition) is 4. The lowest BCUT2D eigenvalue weighted by Gasteiger charge is -2.09. The summed E-state index contributed by atoms with van der Waals surface area (Å²) >= 11 is 0. The fraction of sp³-hybridized carbons (Fsp3) is 0.316. The first-order chi connectivity index (χ1) is 11.6. The van der Waals surface area contributed by atoms with Crippen molar-refractivity contribution < 1.29 is 14.3 Å². The molecular weight excluding hydrogens is 304 g/mol. The lowest BCUT2D eigenvalue weighted by atomic mass is 10.1. The zero-order valence-corrected chi connectivity index (χ0v) is 14.4. The Kier molecular flexibility index (Phi) is 6.49. The van der Waals surface area contributed by atoms with E-state index >= 15 is 0 Å². The van der Waals surface area contributed by atoms with Gasteiger partial charge in [0.1, 0.15) is 18.1 Å². The van der Waals surface area contributed by atoms with Crippen molar-refractivity contribution in [3.63, 3.8) is 0 Å². The highest BCUT2D eigenvalue weighted by atomic mass is 16.6. The van der Waals surface area contributed by atoms with Crippen molar-refractivity contribution in [2.45, 2.75) is 20.3 Å². The van der Waals surface area contributed by atoms with Crippen LogP contribution in [0.25, 0.3) is 0 Å². The summed E-state index contributed by atoms with van der Waals surface area (Å²) in [4.78, 5) is 5.26. The summed E-state index contributed by atoms with van der Waals surface area (Å²) in [7, 11) is 1.59. The lowest BCUT2D eigenvalue weighted by molar-refractivity contribution is 0.127. The molecule has 0 atom stereocenters. The van der Waals surface area contributed by atoms with Crippen molar-refractivity contribution in [1.29, 1.82) is 0 Å². The fourth-order valence-electron chi connectivity index (χ4n) is 2.35. The monoisotopic (exact) mass is 328 g/mol. The zero-order valence-electron chi connectivity index (χ0n) is 14.4. The number of rotatable bonds is 8. The Bertz CT molecular complexity index is 679. The van der Waals surface area contributed by atoms with Crippen molar-refractivity contribution in [2.75, 3.05) is 20.3 Å². The van der Waals surface area contributed by atoms with Crippen molar-refractivity contribution in [1.82, 2.24) is 0 Å². The van der Waals surface area contributed by atoms with Crippen LogP contribution in [0.5, 0.6) is 11.5 Å². The molecule has 2 aromatic rings. The van der Waals surface area contributed by atoms with Gasteiger partial charge >= 0.3 is 0 Å². The molecule has 128 valence electrons. The first-order valence-electron chi connectivity index (χ1n) is 7.90. The number of oxime groups is 1. The molecule has 0 radical (unpaired) electrons. The van der Waals surface area contributed by atoms with Gasteiger partial charge in [-0.15, -0.1) is 0 Å². The predicted molar refractivity (Wildman–Crippen MR) is 95.7 cm³/mol. The van der Waals surface area contributed by atoms with Crippen molar-refractivity contribution >= 4 is 5.84 Å². The largest absolute Gasteiger partial charge is 0.496 e. The topological polar surface area (TPSA) is 66.1 Å². The lowest BCUT2D eigenvalue weighted by Crippen LogP contribution is -2.15. The maximum atomic E-state index is 5.92. The molecular formula is C19H24N2O3. The molecule has 0 saturated carbocycles. The maximum absolute atomic E-state index is 5.92. The van der Waals surface area contributed by atoms with E-state index in [9.17, 15) is 0 Å². The van der Waals surface area contributed by atoms with Crippen LogP contribution in [-0.2, 0) is 4.84 Å². The molecule has 0 bridgehead atoms. The maximum Gasteiger partial charge on any atom is 0.174 e. The van der Waals surface area contributed by atoms with Crippen LogP contribution in [-0.4, -0.2) is 26.2 Å². The first kappa shape index (κ1) is 17.7. The van der Waals surface area contributed by atoms with E-state index < -0.39 is 0 Å². The molecule has 0 aliphatic rings. The smallest absolute Gasteiger partial charge is 0.174 e. The summed E-state index contributed by atoms with van der Waals surface area (Å²) < 4.78 is 11.0. The van der Waals surface area contributed by atoms with Crippen LogP contribution < -0.4 is 15.2 Å². The minimum Gasteiger partial charge on any atom is -0.496 e. The summed E-state index contributed by atoms with van der Waals surface area (Å²) in [6.07, 6.45) is 0.718. The molecule has 2 rings (SSSR count). The number of para-hydroxylation sites is 1. The highest BCUT2D eigenvalue weighted by Gasteiger charge is 2.06. The molecule has 0 aliphatic heterocycles. The second kappa shape index (κ2) is 8.82. The normalized spacial score (nSPS) is 11.2. The Morgan fingerprint density at radius 3 is 2.46 bits per heavy atom. The number of benzene rings is 2. The summed E-state index contributed by atoms with van der Waals surface area (Å²) in [6, 6.07) is 13.6. The van der Waals surface area contributed by atoms with Crippen LogP contribution in [0.4, 0.5) is 0 Å². The average Bonchev–Trinajstić information content (AvgIpc) is 2.56. The molecule has 2 aromatic carbocycles. The third-order valence-corrected chi connectivity index (χ3v) is 3.39. The number of ether oxygens (including phenoxy) is 2. The van der Waals surface area contributed by atoms with E-state index in [0.717, 1.165) is 12.2 Å². The third kappa shape index (κ3) is 5.19. The molecule has 0 aromatic heterocycles. The van der Waals surface area contributed by atoms with Crippen LogP contribution in [0.1, 0.15) is 23.1 Å². The standard InChI is InChI=1S/C19H24N2O3/c1-14-11-15(2)13-16(12-14)23-9-6-10-24-21-19(20)17-7-4-5-8-18(17)22-3/h4-5,7-8,11-13H,6,9-10H2,1-3H3,(H2,20,21). The van der Waals surface area contributed by atoms with Crippen LogP contribution in [0.15, 0.2) is 47.6 Å². The van der Waals surface area contributed by atoms with Gasteiger partial charge in [0.05, 0.1) is 19.3 Å². The summed E-state index contributed by atoms with van der Waals surface area (Å²) in [5.74, 6) is 1.84. The molecule has 0 spiro atoms. The summed E-state index contributed by atoms with van der Waals surface area (Å²) in [5, 5.41) is 3.93. The van der Waals surface area contributed by atoms with Gasteiger partial charge in [-0.2, -0.15) is 0 Å². The zero-order chi connectivity index (χ0) is 17.4. The SMILES string of the molecule is COc1ccccc1/C(N)=N/OCCCOc1cc(C)cc(C)c1.